The van der Waals surface area contributed by atoms with E-state index in [1.54, 1.807) is 26.4 Å². The third kappa shape index (κ3) is 2.31. The minimum atomic E-state index is 0.536. The van der Waals surface area contributed by atoms with Crippen LogP contribution in [-0.2, 0) is 0 Å². The lowest BCUT2D eigenvalue weighted by Gasteiger charge is -2.11. The highest BCUT2D eigenvalue weighted by molar-refractivity contribution is 5.98. The fraction of sp³-hybridized carbons (Fsp3) is 0.118. The van der Waals surface area contributed by atoms with Crippen LogP contribution in [0.2, 0.25) is 0 Å². The van der Waals surface area contributed by atoms with Gasteiger partial charge in [-0.05, 0) is 35.4 Å². The Kier molecular flexibility index (Phi) is 3.58. The number of ether oxygens (including phenoxy) is 1. The monoisotopic (exact) mass is 290 g/mol. The van der Waals surface area contributed by atoms with Crippen LogP contribution in [0.25, 0.3) is 22.0 Å². The zero-order valence-electron chi connectivity index (χ0n) is 12.3. The summed E-state index contributed by atoms with van der Waals surface area (Å²) in [6, 6.07) is 13.5. The molecule has 5 nitrogen and oxygen atoms in total. The van der Waals surface area contributed by atoms with E-state index in [-0.39, 0.29) is 0 Å². The van der Waals surface area contributed by atoms with Gasteiger partial charge in [-0.1, -0.05) is 12.1 Å². The molecule has 1 aromatic heterocycles. The quantitative estimate of drug-likeness (QED) is 0.802. The van der Waals surface area contributed by atoms with Crippen LogP contribution in [0.5, 0.6) is 5.75 Å². The van der Waals surface area contributed by atoms with E-state index in [9.17, 15) is 0 Å². The van der Waals surface area contributed by atoms with E-state index in [1.165, 1.54) is 0 Å². The summed E-state index contributed by atoms with van der Waals surface area (Å²) < 4.78 is 5.39. The molecule has 2 aromatic carbocycles. The second-order valence-corrected chi connectivity index (χ2v) is 4.71. The van der Waals surface area contributed by atoms with Crippen molar-refractivity contribution in [3.8, 4) is 22.9 Å². The number of aromatic nitrogens is 2. The van der Waals surface area contributed by atoms with Gasteiger partial charge in [0, 0.05) is 18.6 Å². The summed E-state index contributed by atoms with van der Waals surface area (Å²) in [7, 11) is 3.39. The molecule has 0 amide bonds. The number of anilines is 1. The van der Waals surface area contributed by atoms with Gasteiger partial charge in [-0.2, -0.15) is 5.26 Å². The molecule has 0 atom stereocenters. The van der Waals surface area contributed by atoms with Crippen LogP contribution < -0.4 is 10.1 Å². The summed E-state index contributed by atoms with van der Waals surface area (Å²) in [6.07, 6.45) is 1.77. The molecule has 5 heteroatoms. The normalized spacial score (nSPS) is 10.2. The summed E-state index contributed by atoms with van der Waals surface area (Å²) in [4.78, 5) is 8.77. The second kappa shape index (κ2) is 5.70. The first-order valence-electron chi connectivity index (χ1n) is 6.79. The van der Waals surface area contributed by atoms with E-state index in [2.05, 4.69) is 21.4 Å². The van der Waals surface area contributed by atoms with Gasteiger partial charge in [0.1, 0.15) is 11.3 Å². The molecule has 0 bridgehead atoms. The van der Waals surface area contributed by atoms with Crippen LogP contribution in [0.3, 0.4) is 0 Å². The molecule has 0 aliphatic heterocycles. The standard InChI is InChI=1S/C17H14N4O/c1-19-17-20-10-14-13(6-7-15(22-2)16(14)21-17)12-5-3-4-11(8-12)9-18/h3-8,10H,1-2H3,(H,19,20,21). The molecule has 3 rings (SSSR count). The number of benzene rings is 2. The molecule has 0 aliphatic rings. The van der Waals surface area contributed by atoms with Gasteiger partial charge in [0.2, 0.25) is 5.95 Å². The third-order valence-corrected chi connectivity index (χ3v) is 3.46. The Balaban J connectivity index is 2.29. The van der Waals surface area contributed by atoms with Crippen molar-refractivity contribution in [3.05, 3.63) is 48.2 Å². The van der Waals surface area contributed by atoms with Gasteiger partial charge >= 0.3 is 0 Å². The molecule has 108 valence electrons. The van der Waals surface area contributed by atoms with Crippen LogP contribution >= 0.6 is 0 Å². The molecule has 22 heavy (non-hydrogen) atoms. The van der Waals surface area contributed by atoms with Gasteiger partial charge in [0.25, 0.3) is 0 Å². The zero-order valence-corrected chi connectivity index (χ0v) is 12.3. The molecule has 0 fully saturated rings. The van der Waals surface area contributed by atoms with Gasteiger partial charge in [0.15, 0.2) is 0 Å². The molecule has 0 saturated heterocycles. The van der Waals surface area contributed by atoms with Crippen LogP contribution in [0, 0.1) is 11.3 Å². The maximum atomic E-state index is 9.07. The molecule has 1 N–H and O–H groups in total. The number of nitrogens with one attached hydrogen (secondary N) is 1. The van der Waals surface area contributed by atoms with E-state index in [4.69, 9.17) is 10.00 Å². The lowest BCUT2D eigenvalue weighted by molar-refractivity contribution is 0.419. The number of hydrogen-bond donors (Lipinski definition) is 1. The van der Waals surface area contributed by atoms with E-state index >= 15 is 0 Å². The number of fused-ring (bicyclic) bond motifs is 1. The number of nitrogens with zero attached hydrogens (tertiary/aromatic N) is 3. The zero-order chi connectivity index (χ0) is 15.5. The van der Waals surface area contributed by atoms with Crippen molar-refractivity contribution in [2.45, 2.75) is 0 Å². The Bertz CT molecular complexity index is 883. The van der Waals surface area contributed by atoms with Crippen molar-refractivity contribution in [2.75, 3.05) is 19.5 Å². The predicted octanol–water partition coefficient (Wildman–Crippen LogP) is 3.22. The first kappa shape index (κ1) is 13.8. The van der Waals surface area contributed by atoms with Crippen LogP contribution in [0.4, 0.5) is 5.95 Å². The smallest absolute Gasteiger partial charge is 0.223 e. The minimum Gasteiger partial charge on any atom is -0.494 e. The molecule has 0 saturated carbocycles. The van der Waals surface area contributed by atoms with Gasteiger partial charge in [-0.3, -0.25) is 0 Å². The van der Waals surface area contributed by atoms with Crippen LogP contribution in [0.1, 0.15) is 5.56 Å². The third-order valence-electron chi connectivity index (χ3n) is 3.46. The fourth-order valence-corrected chi connectivity index (χ4v) is 2.39. The van der Waals surface area contributed by atoms with Crippen LogP contribution in [0.15, 0.2) is 42.6 Å². The second-order valence-electron chi connectivity index (χ2n) is 4.71. The molecule has 0 radical (unpaired) electrons. The van der Waals surface area contributed by atoms with E-state index < -0.39 is 0 Å². The van der Waals surface area contributed by atoms with Gasteiger partial charge in [-0.25, -0.2) is 9.97 Å². The molecule has 3 aromatic rings. The minimum absolute atomic E-state index is 0.536. The highest BCUT2D eigenvalue weighted by Crippen LogP contribution is 2.33. The predicted molar refractivity (Wildman–Crippen MR) is 85.8 cm³/mol. The molecule has 0 spiro atoms. The Labute approximate surface area is 128 Å². The van der Waals surface area contributed by atoms with Crippen molar-refractivity contribution in [1.82, 2.24) is 9.97 Å². The summed E-state index contributed by atoms with van der Waals surface area (Å²) in [5.74, 6) is 1.22. The Morgan fingerprint density at radius 3 is 2.82 bits per heavy atom. The van der Waals surface area contributed by atoms with Crippen molar-refractivity contribution >= 4 is 16.9 Å². The topological polar surface area (TPSA) is 70.8 Å². The Hall–Kier alpha value is -3.13. The summed E-state index contributed by atoms with van der Waals surface area (Å²) in [5.41, 5.74) is 3.28. The average molecular weight is 290 g/mol. The molecule has 1 heterocycles. The van der Waals surface area contributed by atoms with Crippen molar-refractivity contribution in [3.63, 3.8) is 0 Å². The largest absolute Gasteiger partial charge is 0.494 e. The Morgan fingerprint density at radius 2 is 2.09 bits per heavy atom. The van der Waals surface area contributed by atoms with Gasteiger partial charge in [-0.15, -0.1) is 0 Å². The summed E-state index contributed by atoms with van der Waals surface area (Å²) >= 11 is 0. The van der Waals surface area contributed by atoms with E-state index in [1.807, 2.05) is 30.3 Å². The highest BCUT2D eigenvalue weighted by Gasteiger charge is 2.11. The molecule has 0 aliphatic carbocycles. The molecule has 0 unspecified atom stereocenters. The fourth-order valence-electron chi connectivity index (χ4n) is 2.39. The number of nitriles is 1. The maximum absolute atomic E-state index is 9.07. The van der Waals surface area contributed by atoms with Gasteiger partial charge in [0.05, 0.1) is 18.7 Å². The van der Waals surface area contributed by atoms with Crippen molar-refractivity contribution < 1.29 is 4.74 Å². The van der Waals surface area contributed by atoms with Gasteiger partial charge < -0.3 is 10.1 Å². The summed E-state index contributed by atoms with van der Waals surface area (Å²) in [5, 5.41) is 12.9. The lowest BCUT2D eigenvalue weighted by atomic mass is 9.99. The highest BCUT2D eigenvalue weighted by atomic mass is 16.5. The van der Waals surface area contributed by atoms with Crippen LogP contribution in [-0.4, -0.2) is 24.1 Å². The number of hydrogen-bond acceptors (Lipinski definition) is 5. The van der Waals surface area contributed by atoms with Crippen molar-refractivity contribution in [1.29, 1.82) is 5.26 Å². The maximum Gasteiger partial charge on any atom is 0.223 e. The van der Waals surface area contributed by atoms with E-state index in [0.29, 0.717) is 17.3 Å². The average Bonchev–Trinajstić information content (AvgIpc) is 2.60. The number of methoxy groups -OCH3 is 1. The van der Waals surface area contributed by atoms with Crippen molar-refractivity contribution in [2.24, 2.45) is 0 Å². The first-order chi connectivity index (χ1) is 10.8. The number of rotatable bonds is 3. The SMILES string of the molecule is CNc1ncc2c(-c3cccc(C#N)c3)ccc(OC)c2n1. The molecular formula is C17H14N4O. The van der Waals surface area contributed by atoms with E-state index in [0.717, 1.165) is 22.0 Å². The first-order valence-corrected chi connectivity index (χ1v) is 6.79. The molecular weight excluding hydrogens is 276 g/mol. The Morgan fingerprint density at radius 1 is 1.23 bits per heavy atom. The lowest BCUT2D eigenvalue weighted by Crippen LogP contribution is -1.98. The summed E-state index contributed by atoms with van der Waals surface area (Å²) in [6.45, 7) is 0.